The van der Waals surface area contributed by atoms with Crippen molar-refractivity contribution < 1.29 is 9.53 Å². The maximum Gasteiger partial charge on any atom is 0.330 e. The quantitative estimate of drug-likeness (QED) is 0.131. The van der Waals surface area contributed by atoms with Gasteiger partial charge in [0.25, 0.3) is 0 Å². The molecule has 26 heavy (non-hydrogen) atoms. The molecule has 0 aliphatic rings. The Morgan fingerprint density at radius 1 is 0.731 bits per heavy atom. The Hall–Kier alpha value is -0.790. The number of hydrogen-bond acceptors (Lipinski definition) is 2. The maximum atomic E-state index is 11.4. The van der Waals surface area contributed by atoms with Crippen molar-refractivity contribution >= 4 is 5.97 Å². The lowest BCUT2D eigenvalue weighted by molar-refractivity contribution is -0.138. The zero-order valence-corrected chi connectivity index (χ0v) is 18.1. The maximum absolute atomic E-state index is 11.4. The highest BCUT2D eigenvalue weighted by atomic mass is 16.5. The second-order valence-electron chi connectivity index (χ2n) is 8.16. The minimum atomic E-state index is -0.195. The first-order valence-corrected chi connectivity index (χ1v) is 11.5. The summed E-state index contributed by atoms with van der Waals surface area (Å²) in [5, 5.41) is 0. The third kappa shape index (κ3) is 21.3. The standard InChI is InChI=1S/C24H46O2/c1-4-5-6-7-8-9-10-11-12-13-14-15-16-17-18-19-20-21-24(25)26-22-23(2)3/h20-21,23H,4-19,22H2,1-3H3. The molecular weight excluding hydrogens is 320 g/mol. The zero-order chi connectivity index (χ0) is 19.3. The summed E-state index contributed by atoms with van der Waals surface area (Å²) < 4.78 is 5.11. The van der Waals surface area contributed by atoms with Crippen LogP contribution in [0.4, 0.5) is 0 Å². The average molecular weight is 367 g/mol. The van der Waals surface area contributed by atoms with Gasteiger partial charge in [0.1, 0.15) is 0 Å². The van der Waals surface area contributed by atoms with Crippen molar-refractivity contribution in [3.05, 3.63) is 12.2 Å². The Morgan fingerprint density at radius 3 is 1.58 bits per heavy atom. The van der Waals surface area contributed by atoms with Crippen LogP contribution in [0.25, 0.3) is 0 Å². The van der Waals surface area contributed by atoms with E-state index < -0.39 is 0 Å². The van der Waals surface area contributed by atoms with Gasteiger partial charge in [-0.05, 0) is 18.8 Å². The Balaban J connectivity index is 3.16. The van der Waals surface area contributed by atoms with Gasteiger partial charge in [-0.2, -0.15) is 0 Å². The molecule has 0 saturated heterocycles. The first-order valence-electron chi connectivity index (χ1n) is 11.5. The van der Waals surface area contributed by atoms with Gasteiger partial charge in [0.2, 0.25) is 0 Å². The summed E-state index contributed by atoms with van der Waals surface area (Å²) in [4.78, 5) is 11.4. The minimum absolute atomic E-state index is 0.195. The highest BCUT2D eigenvalue weighted by Crippen LogP contribution is 2.13. The molecule has 0 radical (unpaired) electrons. The molecule has 0 aromatic carbocycles. The van der Waals surface area contributed by atoms with Gasteiger partial charge in [0.05, 0.1) is 6.61 Å². The van der Waals surface area contributed by atoms with Gasteiger partial charge < -0.3 is 4.74 Å². The molecule has 0 amide bonds. The fourth-order valence-electron chi connectivity index (χ4n) is 3.11. The van der Waals surface area contributed by atoms with Crippen molar-refractivity contribution in [3.8, 4) is 0 Å². The van der Waals surface area contributed by atoms with E-state index >= 15 is 0 Å². The molecule has 0 aromatic heterocycles. The first kappa shape index (κ1) is 25.2. The van der Waals surface area contributed by atoms with E-state index in [1.807, 2.05) is 19.9 Å². The van der Waals surface area contributed by atoms with E-state index in [1.165, 1.54) is 96.3 Å². The number of rotatable bonds is 19. The zero-order valence-electron chi connectivity index (χ0n) is 18.1. The number of ether oxygens (including phenoxy) is 1. The largest absolute Gasteiger partial charge is 0.462 e. The lowest BCUT2D eigenvalue weighted by Gasteiger charge is -2.04. The molecule has 0 fully saturated rings. The number of hydrogen-bond donors (Lipinski definition) is 0. The Labute approximate surface area is 164 Å². The molecule has 2 nitrogen and oxygen atoms in total. The molecule has 2 heteroatoms. The van der Waals surface area contributed by atoms with Crippen LogP contribution >= 0.6 is 0 Å². The van der Waals surface area contributed by atoms with Crippen LogP contribution in [-0.2, 0) is 9.53 Å². The van der Waals surface area contributed by atoms with E-state index in [2.05, 4.69) is 6.92 Å². The van der Waals surface area contributed by atoms with Crippen LogP contribution in [0.5, 0.6) is 0 Å². The summed E-state index contributed by atoms with van der Waals surface area (Å²) in [5.74, 6) is 0.211. The monoisotopic (exact) mass is 366 g/mol. The van der Waals surface area contributed by atoms with Gasteiger partial charge >= 0.3 is 5.97 Å². The molecular formula is C24H46O2. The van der Waals surface area contributed by atoms with Crippen molar-refractivity contribution in [1.29, 1.82) is 0 Å². The highest BCUT2D eigenvalue weighted by Gasteiger charge is 1.99. The van der Waals surface area contributed by atoms with Crippen LogP contribution in [0, 0.1) is 5.92 Å². The molecule has 0 spiro atoms. The third-order valence-electron chi connectivity index (χ3n) is 4.79. The number of carbonyl (C=O) groups excluding carboxylic acids is 1. The number of carbonyl (C=O) groups is 1. The van der Waals surface area contributed by atoms with Crippen molar-refractivity contribution in [2.75, 3.05) is 6.61 Å². The number of unbranched alkanes of at least 4 members (excludes halogenated alkanes) is 15. The predicted octanol–water partition coefficient (Wildman–Crippen LogP) is 8.00. The molecule has 0 aliphatic carbocycles. The minimum Gasteiger partial charge on any atom is -0.462 e. The summed E-state index contributed by atoms with van der Waals surface area (Å²) in [6, 6.07) is 0. The Kier molecular flexibility index (Phi) is 19.9. The van der Waals surface area contributed by atoms with E-state index in [-0.39, 0.29) is 5.97 Å². The molecule has 0 atom stereocenters. The molecule has 154 valence electrons. The van der Waals surface area contributed by atoms with E-state index in [0.29, 0.717) is 12.5 Å². The molecule has 0 bridgehead atoms. The van der Waals surface area contributed by atoms with Crippen molar-refractivity contribution in [2.24, 2.45) is 5.92 Å². The second kappa shape index (κ2) is 20.5. The van der Waals surface area contributed by atoms with Gasteiger partial charge in [-0.15, -0.1) is 0 Å². The molecule has 0 saturated carbocycles. The third-order valence-corrected chi connectivity index (χ3v) is 4.79. The van der Waals surface area contributed by atoms with Crippen LogP contribution < -0.4 is 0 Å². The van der Waals surface area contributed by atoms with Crippen molar-refractivity contribution in [1.82, 2.24) is 0 Å². The van der Waals surface area contributed by atoms with Gasteiger partial charge in [-0.3, -0.25) is 0 Å². The highest BCUT2D eigenvalue weighted by molar-refractivity contribution is 5.81. The molecule has 0 unspecified atom stereocenters. The van der Waals surface area contributed by atoms with Gasteiger partial charge in [-0.25, -0.2) is 4.79 Å². The van der Waals surface area contributed by atoms with Crippen LogP contribution in [0.2, 0.25) is 0 Å². The lowest BCUT2D eigenvalue weighted by atomic mass is 10.0. The summed E-state index contributed by atoms with van der Waals surface area (Å²) >= 11 is 0. The van der Waals surface area contributed by atoms with Crippen LogP contribution in [0.15, 0.2) is 12.2 Å². The van der Waals surface area contributed by atoms with E-state index in [1.54, 1.807) is 6.08 Å². The number of allylic oxidation sites excluding steroid dienone is 1. The summed E-state index contributed by atoms with van der Waals surface area (Å²) in [6.07, 6.45) is 25.4. The summed E-state index contributed by atoms with van der Waals surface area (Å²) in [6.45, 7) is 6.89. The van der Waals surface area contributed by atoms with Gasteiger partial charge in [0.15, 0.2) is 0 Å². The Bertz CT molecular complexity index is 320. The SMILES string of the molecule is CCCCCCCCCCCCCCCCCC=CC(=O)OCC(C)C. The topological polar surface area (TPSA) is 26.3 Å². The first-order chi connectivity index (χ1) is 12.7. The number of esters is 1. The van der Waals surface area contributed by atoms with E-state index in [0.717, 1.165) is 6.42 Å². The van der Waals surface area contributed by atoms with Gasteiger partial charge in [-0.1, -0.05) is 117 Å². The van der Waals surface area contributed by atoms with Crippen LogP contribution in [-0.4, -0.2) is 12.6 Å². The lowest BCUT2D eigenvalue weighted by Crippen LogP contribution is -2.06. The summed E-state index contributed by atoms with van der Waals surface area (Å²) in [7, 11) is 0. The molecule has 0 heterocycles. The molecule has 0 aliphatic heterocycles. The van der Waals surface area contributed by atoms with E-state index in [9.17, 15) is 4.79 Å². The molecule has 0 rings (SSSR count). The normalized spacial score (nSPS) is 11.5. The molecule has 0 N–H and O–H groups in total. The van der Waals surface area contributed by atoms with Crippen LogP contribution in [0.3, 0.4) is 0 Å². The van der Waals surface area contributed by atoms with E-state index in [4.69, 9.17) is 4.74 Å². The second-order valence-corrected chi connectivity index (χ2v) is 8.16. The summed E-state index contributed by atoms with van der Waals surface area (Å²) in [5.41, 5.74) is 0. The van der Waals surface area contributed by atoms with Gasteiger partial charge in [0, 0.05) is 6.08 Å². The average Bonchev–Trinajstić information content (AvgIpc) is 2.62. The fraction of sp³-hybridized carbons (Fsp3) is 0.875. The molecule has 0 aromatic rings. The smallest absolute Gasteiger partial charge is 0.330 e. The van der Waals surface area contributed by atoms with Crippen molar-refractivity contribution in [2.45, 2.75) is 124 Å². The fourth-order valence-corrected chi connectivity index (χ4v) is 3.11. The van der Waals surface area contributed by atoms with Crippen molar-refractivity contribution in [3.63, 3.8) is 0 Å². The predicted molar refractivity (Wildman–Crippen MR) is 114 cm³/mol. The Morgan fingerprint density at radius 2 is 1.15 bits per heavy atom. The van der Waals surface area contributed by atoms with Crippen LogP contribution in [0.1, 0.15) is 124 Å².